The lowest BCUT2D eigenvalue weighted by Crippen LogP contribution is -2.51. The van der Waals surface area contributed by atoms with Gasteiger partial charge in [-0.3, -0.25) is 13.9 Å². The summed E-state index contributed by atoms with van der Waals surface area (Å²) >= 11 is 18.2. The van der Waals surface area contributed by atoms with Crippen LogP contribution in [-0.4, -0.2) is 44.3 Å². The summed E-state index contributed by atoms with van der Waals surface area (Å²) in [5.41, 5.74) is 2.79. The Morgan fingerprint density at radius 1 is 0.897 bits per heavy atom. The van der Waals surface area contributed by atoms with E-state index in [0.29, 0.717) is 32.9 Å². The van der Waals surface area contributed by atoms with Gasteiger partial charge in [0.05, 0.1) is 20.6 Å². The summed E-state index contributed by atoms with van der Waals surface area (Å²) in [4.78, 5) is 28.0. The molecule has 0 heterocycles. The van der Waals surface area contributed by atoms with E-state index >= 15 is 0 Å². The van der Waals surface area contributed by atoms with Crippen molar-refractivity contribution in [2.24, 2.45) is 0 Å². The first kappa shape index (κ1) is 30.8. The van der Waals surface area contributed by atoms with Crippen LogP contribution >= 0.6 is 34.8 Å². The van der Waals surface area contributed by atoms with Crippen LogP contribution in [0.15, 0.2) is 65.6 Å². The molecule has 3 aromatic carbocycles. The predicted molar refractivity (Wildman–Crippen MR) is 157 cm³/mol. The number of rotatable bonds is 10. The Labute approximate surface area is 244 Å². The molecule has 0 spiro atoms. The van der Waals surface area contributed by atoms with Gasteiger partial charge in [-0.2, -0.15) is 0 Å². The molecule has 0 aliphatic rings. The van der Waals surface area contributed by atoms with Gasteiger partial charge in [0.1, 0.15) is 12.6 Å². The van der Waals surface area contributed by atoms with Crippen LogP contribution in [0, 0.1) is 13.8 Å². The Hall–Kier alpha value is -2.78. The minimum atomic E-state index is -4.18. The first-order valence-corrected chi connectivity index (χ1v) is 14.8. The molecule has 208 valence electrons. The largest absolute Gasteiger partial charge is 0.355 e. The van der Waals surface area contributed by atoms with Gasteiger partial charge in [0.25, 0.3) is 10.0 Å². The van der Waals surface area contributed by atoms with Crippen molar-refractivity contribution in [3.8, 4) is 0 Å². The van der Waals surface area contributed by atoms with Crippen molar-refractivity contribution in [2.45, 2.75) is 45.2 Å². The Kier molecular flexibility index (Phi) is 10.3. The molecule has 0 unspecified atom stereocenters. The van der Waals surface area contributed by atoms with E-state index in [1.165, 1.54) is 29.2 Å². The molecule has 0 radical (unpaired) electrons. The molecule has 11 heteroatoms. The van der Waals surface area contributed by atoms with E-state index in [1.807, 2.05) is 13.8 Å². The van der Waals surface area contributed by atoms with E-state index in [-0.39, 0.29) is 17.3 Å². The Morgan fingerprint density at radius 2 is 1.56 bits per heavy atom. The van der Waals surface area contributed by atoms with Gasteiger partial charge >= 0.3 is 0 Å². The molecule has 0 fully saturated rings. The van der Waals surface area contributed by atoms with Crippen molar-refractivity contribution >= 4 is 62.3 Å². The quantitative estimate of drug-likeness (QED) is 0.305. The third-order valence-electron chi connectivity index (χ3n) is 6.31. The number of anilines is 1. The fourth-order valence-corrected chi connectivity index (χ4v) is 5.74. The van der Waals surface area contributed by atoms with Crippen molar-refractivity contribution in [1.29, 1.82) is 0 Å². The summed E-state index contributed by atoms with van der Waals surface area (Å²) in [6, 6.07) is 14.9. The average molecular weight is 611 g/mol. The molecule has 0 aromatic heterocycles. The molecular formula is C28H30Cl3N3O4S. The predicted octanol–water partition coefficient (Wildman–Crippen LogP) is 6.01. The summed E-state index contributed by atoms with van der Waals surface area (Å²) < 4.78 is 28.7. The van der Waals surface area contributed by atoms with Crippen LogP contribution < -0.4 is 9.62 Å². The summed E-state index contributed by atoms with van der Waals surface area (Å²) in [6.07, 6.45) is 0. The number of sulfonamides is 1. The Bertz CT molecular complexity index is 1460. The van der Waals surface area contributed by atoms with E-state index in [2.05, 4.69) is 5.32 Å². The normalized spacial score (nSPS) is 12.1. The second kappa shape index (κ2) is 13.0. The molecule has 7 nitrogen and oxygen atoms in total. The smallest absolute Gasteiger partial charge is 0.264 e. The lowest BCUT2D eigenvalue weighted by Gasteiger charge is -2.32. The van der Waals surface area contributed by atoms with Gasteiger partial charge in [0, 0.05) is 18.1 Å². The number of aryl methyl sites for hydroxylation is 2. The molecule has 2 amide bonds. The van der Waals surface area contributed by atoms with Crippen LogP contribution in [0.1, 0.15) is 30.5 Å². The van der Waals surface area contributed by atoms with Crippen LogP contribution in [-0.2, 0) is 26.2 Å². The molecule has 0 bridgehead atoms. The number of hydrogen-bond acceptors (Lipinski definition) is 4. The number of nitrogens with zero attached hydrogens (tertiary/aromatic N) is 2. The number of nitrogens with one attached hydrogen (secondary N) is 1. The molecule has 0 aliphatic carbocycles. The highest BCUT2D eigenvalue weighted by molar-refractivity contribution is 7.92. The maximum atomic E-state index is 13.9. The number of carbonyl (C=O) groups excluding carboxylic acids is 2. The summed E-state index contributed by atoms with van der Waals surface area (Å²) in [7, 11) is -4.18. The molecular weight excluding hydrogens is 581 g/mol. The van der Waals surface area contributed by atoms with Gasteiger partial charge in [0.15, 0.2) is 0 Å². The van der Waals surface area contributed by atoms with Crippen molar-refractivity contribution in [2.75, 3.05) is 17.4 Å². The fraction of sp³-hybridized carbons (Fsp3) is 0.286. The van der Waals surface area contributed by atoms with Crippen LogP contribution in [0.2, 0.25) is 15.1 Å². The van der Waals surface area contributed by atoms with E-state index in [0.717, 1.165) is 15.4 Å². The van der Waals surface area contributed by atoms with Gasteiger partial charge in [-0.1, -0.05) is 46.9 Å². The zero-order valence-corrected chi connectivity index (χ0v) is 25.1. The Balaban J connectivity index is 2.06. The highest BCUT2D eigenvalue weighted by Crippen LogP contribution is 2.28. The molecule has 3 rings (SSSR count). The number of halogens is 3. The highest BCUT2D eigenvalue weighted by Gasteiger charge is 2.32. The van der Waals surface area contributed by atoms with Crippen molar-refractivity contribution in [1.82, 2.24) is 10.2 Å². The number of benzene rings is 3. The maximum absolute atomic E-state index is 13.9. The molecule has 0 saturated carbocycles. The zero-order chi connectivity index (χ0) is 28.9. The van der Waals surface area contributed by atoms with Crippen LogP contribution in [0.25, 0.3) is 0 Å². The van der Waals surface area contributed by atoms with Crippen molar-refractivity contribution < 1.29 is 18.0 Å². The second-order valence-corrected chi connectivity index (χ2v) is 12.2. The molecule has 0 aliphatic heterocycles. The average Bonchev–Trinajstić information content (AvgIpc) is 2.89. The summed E-state index contributed by atoms with van der Waals surface area (Å²) in [6.45, 7) is 6.98. The van der Waals surface area contributed by atoms with E-state index in [4.69, 9.17) is 34.8 Å². The standard InChI is InChI=1S/C28H30Cl3N3O4S/c1-5-32-28(36)20(4)33(16-21-7-13-25(30)26(31)15-21)27(35)17-34(23-10-6-18(2)19(3)14-23)39(37,38)24-11-8-22(29)9-12-24/h6-15,20H,5,16-17H2,1-4H3,(H,32,36)/t20-/m1/s1. The van der Waals surface area contributed by atoms with Crippen LogP contribution in [0.4, 0.5) is 5.69 Å². The first-order valence-electron chi connectivity index (χ1n) is 12.2. The summed E-state index contributed by atoms with van der Waals surface area (Å²) in [5.74, 6) is -0.945. The second-order valence-electron chi connectivity index (χ2n) is 9.07. The number of carbonyl (C=O) groups is 2. The SMILES string of the molecule is CCNC(=O)[C@@H](C)N(Cc1ccc(Cl)c(Cl)c1)C(=O)CN(c1ccc(C)c(C)c1)S(=O)(=O)c1ccc(Cl)cc1. The van der Waals surface area contributed by atoms with Crippen molar-refractivity contribution in [3.63, 3.8) is 0 Å². The lowest BCUT2D eigenvalue weighted by molar-refractivity contribution is -0.139. The van der Waals surface area contributed by atoms with Crippen molar-refractivity contribution in [3.05, 3.63) is 92.4 Å². The van der Waals surface area contributed by atoms with Gasteiger partial charge in [-0.15, -0.1) is 0 Å². The van der Waals surface area contributed by atoms with E-state index in [1.54, 1.807) is 50.2 Å². The van der Waals surface area contributed by atoms with E-state index < -0.39 is 28.5 Å². The maximum Gasteiger partial charge on any atom is 0.264 e. The van der Waals surface area contributed by atoms with Crippen LogP contribution in [0.3, 0.4) is 0 Å². The van der Waals surface area contributed by atoms with Crippen LogP contribution in [0.5, 0.6) is 0 Å². The molecule has 1 atom stereocenters. The summed E-state index contributed by atoms with van der Waals surface area (Å²) in [5, 5.41) is 3.76. The van der Waals surface area contributed by atoms with Gasteiger partial charge in [-0.25, -0.2) is 8.42 Å². The zero-order valence-electron chi connectivity index (χ0n) is 22.0. The Morgan fingerprint density at radius 3 is 2.15 bits per heavy atom. The number of likely N-dealkylation sites (N-methyl/N-ethyl adjacent to an activating group) is 1. The topological polar surface area (TPSA) is 86.8 Å². The minimum Gasteiger partial charge on any atom is -0.355 e. The molecule has 39 heavy (non-hydrogen) atoms. The highest BCUT2D eigenvalue weighted by atomic mass is 35.5. The molecule has 3 aromatic rings. The minimum absolute atomic E-state index is 0.00970. The lowest BCUT2D eigenvalue weighted by atomic mass is 10.1. The van der Waals surface area contributed by atoms with Gasteiger partial charge in [-0.05, 0) is 92.9 Å². The third-order valence-corrected chi connectivity index (χ3v) is 9.09. The number of hydrogen-bond donors (Lipinski definition) is 1. The van der Waals surface area contributed by atoms with Gasteiger partial charge < -0.3 is 10.2 Å². The monoisotopic (exact) mass is 609 g/mol. The van der Waals surface area contributed by atoms with Gasteiger partial charge in [0.2, 0.25) is 11.8 Å². The molecule has 0 saturated heterocycles. The molecule has 1 N–H and O–H groups in total. The first-order chi connectivity index (χ1) is 18.3. The fourth-order valence-electron chi connectivity index (χ4n) is 3.88. The third kappa shape index (κ3) is 7.45. The number of amides is 2. The van der Waals surface area contributed by atoms with E-state index in [9.17, 15) is 18.0 Å².